The number of carboxylic acid groups (broad SMARTS) is 1. The van der Waals surface area contributed by atoms with Crippen LogP contribution in [0.5, 0.6) is 0 Å². The van der Waals surface area contributed by atoms with E-state index in [-0.39, 0.29) is 18.2 Å². The maximum absolute atomic E-state index is 12.6. The number of rotatable bonds is 5. The lowest BCUT2D eigenvalue weighted by Gasteiger charge is -2.34. The standard InChI is InChI=1S/C20H20Cl2N2O3/c21-15-3-1-2-14(11-15)20(27)23-17-12-16(22)4-5-18(17)24-8-6-13(7-9-24)10-19(25)26/h1-5,11-13H,6-10H2,(H,23,27)(H,25,26). The van der Waals surface area contributed by atoms with Gasteiger partial charge in [0, 0.05) is 35.1 Å². The smallest absolute Gasteiger partial charge is 0.303 e. The number of halogens is 2. The molecule has 3 rings (SSSR count). The highest BCUT2D eigenvalue weighted by Gasteiger charge is 2.23. The summed E-state index contributed by atoms with van der Waals surface area (Å²) in [7, 11) is 0. The Bertz CT molecular complexity index is 849. The third-order valence-corrected chi connectivity index (χ3v) is 5.18. The number of hydrogen-bond acceptors (Lipinski definition) is 3. The predicted octanol–water partition coefficient (Wildman–Crippen LogP) is 4.94. The van der Waals surface area contributed by atoms with E-state index in [1.54, 1.807) is 36.4 Å². The second-order valence-corrected chi connectivity index (χ2v) is 7.53. The highest BCUT2D eigenvalue weighted by molar-refractivity contribution is 6.31. The van der Waals surface area contributed by atoms with Gasteiger partial charge in [-0.25, -0.2) is 0 Å². The van der Waals surface area contributed by atoms with Crippen molar-refractivity contribution in [2.45, 2.75) is 19.3 Å². The van der Waals surface area contributed by atoms with Crippen molar-refractivity contribution in [2.75, 3.05) is 23.3 Å². The van der Waals surface area contributed by atoms with E-state index in [2.05, 4.69) is 10.2 Å². The second kappa shape index (κ2) is 8.63. The molecule has 0 unspecified atom stereocenters. The molecule has 142 valence electrons. The summed E-state index contributed by atoms with van der Waals surface area (Å²) in [5.74, 6) is -0.827. The fraction of sp³-hybridized carbons (Fsp3) is 0.300. The normalized spacial score (nSPS) is 14.8. The Morgan fingerprint density at radius 1 is 1.07 bits per heavy atom. The zero-order chi connectivity index (χ0) is 19.4. The van der Waals surface area contributed by atoms with Crippen LogP contribution in [0.1, 0.15) is 29.6 Å². The molecule has 0 aliphatic carbocycles. The van der Waals surface area contributed by atoms with E-state index >= 15 is 0 Å². The Hall–Kier alpha value is -2.24. The average Bonchev–Trinajstić information content (AvgIpc) is 2.62. The SMILES string of the molecule is O=C(O)CC1CCN(c2ccc(Cl)cc2NC(=O)c2cccc(Cl)c2)CC1. The van der Waals surface area contributed by atoms with E-state index in [1.807, 2.05) is 6.07 Å². The van der Waals surface area contributed by atoms with E-state index in [1.165, 1.54) is 0 Å². The molecular formula is C20H20Cl2N2O3. The fourth-order valence-corrected chi connectivity index (χ4v) is 3.70. The molecule has 0 aromatic heterocycles. The van der Waals surface area contributed by atoms with E-state index in [0.29, 0.717) is 21.3 Å². The highest BCUT2D eigenvalue weighted by atomic mass is 35.5. The van der Waals surface area contributed by atoms with Crippen LogP contribution in [-0.4, -0.2) is 30.1 Å². The molecule has 0 saturated carbocycles. The van der Waals surface area contributed by atoms with Crippen LogP contribution in [0.4, 0.5) is 11.4 Å². The summed E-state index contributed by atoms with van der Waals surface area (Å²) < 4.78 is 0. The van der Waals surface area contributed by atoms with Crippen LogP contribution in [0, 0.1) is 5.92 Å². The number of piperidine rings is 1. The number of carbonyl (C=O) groups excluding carboxylic acids is 1. The Morgan fingerprint density at radius 3 is 2.44 bits per heavy atom. The van der Waals surface area contributed by atoms with Gasteiger partial charge in [0.25, 0.3) is 5.91 Å². The molecular weight excluding hydrogens is 387 g/mol. The van der Waals surface area contributed by atoms with Crippen LogP contribution in [-0.2, 0) is 4.79 Å². The molecule has 5 nitrogen and oxygen atoms in total. The van der Waals surface area contributed by atoms with E-state index < -0.39 is 5.97 Å². The van der Waals surface area contributed by atoms with Gasteiger partial charge in [0.15, 0.2) is 0 Å². The van der Waals surface area contributed by atoms with Gasteiger partial charge < -0.3 is 15.3 Å². The van der Waals surface area contributed by atoms with Crippen LogP contribution in [0.15, 0.2) is 42.5 Å². The molecule has 1 aliphatic heterocycles. The summed E-state index contributed by atoms with van der Waals surface area (Å²) in [5, 5.41) is 12.9. The molecule has 0 atom stereocenters. The number of carboxylic acids is 1. The number of benzene rings is 2. The molecule has 1 aliphatic rings. The topological polar surface area (TPSA) is 69.6 Å². The van der Waals surface area contributed by atoms with E-state index in [9.17, 15) is 9.59 Å². The minimum atomic E-state index is -0.755. The number of nitrogens with one attached hydrogen (secondary N) is 1. The van der Waals surface area contributed by atoms with Crippen LogP contribution >= 0.6 is 23.2 Å². The Morgan fingerprint density at radius 2 is 1.78 bits per heavy atom. The van der Waals surface area contributed by atoms with Crippen molar-refractivity contribution in [2.24, 2.45) is 5.92 Å². The highest BCUT2D eigenvalue weighted by Crippen LogP contribution is 2.33. The molecule has 1 fully saturated rings. The first-order chi connectivity index (χ1) is 12.9. The van der Waals surface area contributed by atoms with Crippen LogP contribution in [0.2, 0.25) is 10.0 Å². The molecule has 2 N–H and O–H groups in total. The Balaban J connectivity index is 1.76. The number of carbonyl (C=O) groups is 2. The number of aliphatic carboxylic acids is 1. The van der Waals surface area contributed by atoms with Gasteiger partial charge in [0.2, 0.25) is 0 Å². The van der Waals surface area contributed by atoms with Gasteiger partial charge in [0.1, 0.15) is 0 Å². The molecule has 1 saturated heterocycles. The van der Waals surface area contributed by atoms with Crippen molar-refractivity contribution in [3.05, 3.63) is 58.1 Å². The van der Waals surface area contributed by atoms with Crippen LogP contribution < -0.4 is 10.2 Å². The lowest BCUT2D eigenvalue weighted by molar-refractivity contribution is -0.138. The van der Waals surface area contributed by atoms with Gasteiger partial charge >= 0.3 is 5.97 Å². The van der Waals surface area contributed by atoms with Gasteiger partial charge in [0.05, 0.1) is 11.4 Å². The summed E-state index contributed by atoms with van der Waals surface area (Å²) in [4.78, 5) is 25.6. The van der Waals surface area contributed by atoms with Crippen LogP contribution in [0.25, 0.3) is 0 Å². The maximum Gasteiger partial charge on any atom is 0.303 e. The minimum Gasteiger partial charge on any atom is -0.481 e. The largest absolute Gasteiger partial charge is 0.481 e. The molecule has 0 bridgehead atoms. The third kappa shape index (κ3) is 5.15. The zero-order valence-corrected chi connectivity index (χ0v) is 16.1. The van der Waals surface area contributed by atoms with Crippen LogP contribution in [0.3, 0.4) is 0 Å². The fourth-order valence-electron chi connectivity index (χ4n) is 3.33. The Labute approximate surface area is 167 Å². The van der Waals surface area contributed by atoms with E-state index in [0.717, 1.165) is 31.6 Å². The van der Waals surface area contributed by atoms with Crippen molar-refractivity contribution in [1.29, 1.82) is 0 Å². The van der Waals surface area contributed by atoms with Gasteiger partial charge in [-0.3, -0.25) is 9.59 Å². The monoisotopic (exact) mass is 406 g/mol. The third-order valence-electron chi connectivity index (χ3n) is 4.71. The summed E-state index contributed by atoms with van der Waals surface area (Å²) >= 11 is 12.1. The first kappa shape index (κ1) is 19.5. The quantitative estimate of drug-likeness (QED) is 0.737. The molecule has 7 heteroatoms. The van der Waals surface area contributed by atoms with Crippen molar-refractivity contribution < 1.29 is 14.7 Å². The maximum atomic E-state index is 12.6. The van der Waals surface area contributed by atoms with Crippen molar-refractivity contribution in [1.82, 2.24) is 0 Å². The summed E-state index contributed by atoms with van der Waals surface area (Å²) in [5.41, 5.74) is 1.97. The summed E-state index contributed by atoms with van der Waals surface area (Å²) in [6.07, 6.45) is 1.81. The number of anilines is 2. The number of amides is 1. The molecule has 1 amide bonds. The van der Waals surface area contributed by atoms with Gasteiger partial charge in [-0.05, 0) is 55.2 Å². The lowest BCUT2D eigenvalue weighted by atomic mass is 9.93. The number of hydrogen-bond donors (Lipinski definition) is 2. The Kier molecular flexibility index (Phi) is 6.24. The number of nitrogens with zero attached hydrogens (tertiary/aromatic N) is 1. The average molecular weight is 407 g/mol. The molecule has 0 radical (unpaired) electrons. The molecule has 1 heterocycles. The second-order valence-electron chi connectivity index (χ2n) is 6.65. The van der Waals surface area contributed by atoms with Gasteiger partial charge in [-0.1, -0.05) is 29.3 Å². The van der Waals surface area contributed by atoms with Crippen molar-refractivity contribution >= 4 is 46.5 Å². The van der Waals surface area contributed by atoms with Crippen molar-refractivity contribution in [3.8, 4) is 0 Å². The molecule has 27 heavy (non-hydrogen) atoms. The zero-order valence-electron chi connectivity index (χ0n) is 14.6. The van der Waals surface area contributed by atoms with Gasteiger partial charge in [-0.15, -0.1) is 0 Å². The predicted molar refractivity (Wildman–Crippen MR) is 108 cm³/mol. The summed E-state index contributed by atoms with van der Waals surface area (Å²) in [6, 6.07) is 12.1. The molecule has 2 aromatic rings. The lowest BCUT2D eigenvalue weighted by Crippen LogP contribution is -2.35. The first-order valence-corrected chi connectivity index (χ1v) is 9.51. The minimum absolute atomic E-state index is 0.190. The molecule has 0 spiro atoms. The first-order valence-electron chi connectivity index (χ1n) is 8.75. The van der Waals surface area contributed by atoms with Gasteiger partial charge in [-0.2, -0.15) is 0 Å². The van der Waals surface area contributed by atoms with Crippen molar-refractivity contribution in [3.63, 3.8) is 0 Å². The van der Waals surface area contributed by atoms with E-state index in [4.69, 9.17) is 28.3 Å². The summed E-state index contributed by atoms with van der Waals surface area (Å²) in [6.45, 7) is 1.47. The molecule has 2 aromatic carbocycles.